The van der Waals surface area contributed by atoms with Crippen molar-refractivity contribution in [3.63, 3.8) is 0 Å². The van der Waals surface area contributed by atoms with Crippen LogP contribution >= 0.6 is 0 Å². The van der Waals surface area contributed by atoms with Crippen molar-refractivity contribution < 1.29 is 13.9 Å². The summed E-state index contributed by atoms with van der Waals surface area (Å²) in [7, 11) is 0. The fraction of sp³-hybridized carbons (Fsp3) is 0.400. The second kappa shape index (κ2) is 10.4. The number of imidazole rings is 1. The number of benzene rings is 1. The van der Waals surface area contributed by atoms with Gasteiger partial charge >= 0.3 is 0 Å². The number of amides is 1. The summed E-state index contributed by atoms with van der Waals surface area (Å²) in [5.74, 6) is 0.426. The highest BCUT2D eigenvalue weighted by Gasteiger charge is 2.44. The Labute approximate surface area is 227 Å². The molecule has 4 aromatic rings. The van der Waals surface area contributed by atoms with Crippen LogP contribution in [0.2, 0.25) is 0 Å². The second-order valence-corrected chi connectivity index (χ2v) is 10.7. The molecule has 6 rings (SSSR count). The maximum absolute atomic E-state index is 14.7. The van der Waals surface area contributed by atoms with Gasteiger partial charge in [0.05, 0.1) is 18.0 Å². The molecule has 1 amide bonds. The second-order valence-electron chi connectivity index (χ2n) is 10.7. The molecular formula is C30H33FN6O2. The molecule has 0 N–H and O–H groups in total. The van der Waals surface area contributed by atoms with Crippen molar-refractivity contribution in [1.29, 1.82) is 0 Å². The van der Waals surface area contributed by atoms with E-state index in [1.807, 2.05) is 24.1 Å². The molecule has 2 bridgehead atoms. The summed E-state index contributed by atoms with van der Waals surface area (Å²) in [5.41, 5.74) is 4.19. The van der Waals surface area contributed by atoms with Crippen LogP contribution in [0.1, 0.15) is 61.3 Å². The first-order valence-corrected chi connectivity index (χ1v) is 13.7. The number of carbonyl (C=O) groups excluding carboxylic acids is 1. The van der Waals surface area contributed by atoms with Crippen molar-refractivity contribution in [3.05, 3.63) is 77.6 Å². The van der Waals surface area contributed by atoms with Crippen LogP contribution in [-0.4, -0.2) is 66.8 Å². The van der Waals surface area contributed by atoms with Crippen LogP contribution in [-0.2, 0) is 6.54 Å². The van der Waals surface area contributed by atoms with E-state index in [9.17, 15) is 9.18 Å². The van der Waals surface area contributed by atoms with E-state index in [1.54, 1.807) is 6.20 Å². The van der Waals surface area contributed by atoms with E-state index in [2.05, 4.69) is 57.4 Å². The number of fused-ring (bicyclic) bond motifs is 3. The average Bonchev–Trinajstić information content (AvgIpc) is 3.43. The molecule has 5 heterocycles. The van der Waals surface area contributed by atoms with Gasteiger partial charge in [0, 0.05) is 55.7 Å². The molecule has 39 heavy (non-hydrogen) atoms. The third-order valence-electron chi connectivity index (χ3n) is 7.83. The van der Waals surface area contributed by atoms with Gasteiger partial charge in [-0.2, -0.15) is 0 Å². The number of pyridine rings is 1. The van der Waals surface area contributed by atoms with Gasteiger partial charge in [-0.15, -0.1) is 0 Å². The van der Waals surface area contributed by atoms with E-state index in [4.69, 9.17) is 9.72 Å². The summed E-state index contributed by atoms with van der Waals surface area (Å²) in [5, 5.41) is 0. The molecule has 8 nitrogen and oxygen atoms in total. The van der Waals surface area contributed by atoms with Crippen LogP contribution in [0, 0.1) is 5.82 Å². The standard InChI is InChI=1S/C30H33FN6O2/c1-4-39-26-13-12-24(31)28(33-26)29(38)37-22-10-11-23(37)17-35(16-22)18-25-27(34-30-32-14-5-15-36(25)30)21-8-6-20(7-9-21)19(2)3/h5-9,12-15,19,22-23H,4,10-11,16-18H2,1-3H3. The molecule has 202 valence electrons. The van der Waals surface area contributed by atoms with E-state index in [1.165, 1.54) is 17.7 Å². The van der Waals surface area contributed by atoms with E-state index >= 15 is 0 Å². The van der Waals surface area contributed by atoms with E-state index in [-0.39, 0.29) is 29.6 Å². The molecule has 0 saturated carbocycles. The Bertz CT molecular complexity index is 1490. The zero-order valence-electron chi connectivity index (χ0n) is 22.5. The summed E-state index contributed by atoms with van der Waals surface area (Å²) < 4.78 is 22.1. The van der Waals surface area contributed by atoms with Gasteiger partial charge in [-0.3, -0.25) is 14.1 Å². The maximum Gasteiger partial charge on any atom is 0.276 e. The van der Waals surface area contributed by atoms with Crippen molar-refractivity contribution in [2.75, 3.05) is 19.7 Å². The molecule has 2 unspecified atom stereocenters. The molecule has 3 aromatic heterocycles. The van der Waals surface area contributed by atoms with Gasteiger partial charge in [-0.05, 0) is 43.4 Å². The number of hydrogen-bond donors (Lipinski definition) is 0. The van der Waals surface area contributed by atoms with Gasteiger partial charge in [-0.25, -0.2) is 19.3 Å². The fourth-order valence-electron chi connectivity index (χ4n) is 5.93. The largest absolute Gasteiger partial charge is 0.478 e. The SMILES string of the molecule is CCOc1ccc(F)c(C(=O)N2C3CCC2CN(Cc2c(-c4ccc(C(C)C)cc4)nc4ncccn24)C3)n1. The summed E-state index contributed by atoms with van der Waals surface area (Å²) >= 11 is 0. The van der Waals surface area contributed by atoms with E-state index in [0.29, 0.717) is 37.9 Å². The van der Waals surface area contributed by atoms with Crippen LogP contribution in [0.5, 0.6) is 5.88 Å². The number of halogens is 1. The zero-order chi connectivity index (χ0) is 27.1. The lowest BCUT2D eigenvalue weighted by atomic mass is 10.0. The topological polar surface area (TPSA) is 75.9 Å². The molecule has 2 fully saturated rings. The number of rotatable bonds is 7. The number of piperazine rings is 1. The average molecular weight is 529 g/mol. The van der Waals surface area contributed by atoms with Gasteiger partial charge in [-0.1, -0.05) is 38.1 Å². The molecule has 0 radical (unpaired) electrons. The fourth-order valence-corrected chi connectivity index (χ4v) is 5.93. The van der Waals surface area contributed by atoms with Crippen molar-refractivity contribution in [1.82, 2.24) is 29.2 Å². The van der Waals surface area contributed by atoms with Gasteiger partial charge in [0.2, 0.25) is 11.7 Å². The first kappa shape index (κ1) is 25.4. The molecular weight excluding hydrogens is 495 g/mol. The monoisotopic (exact) mass is 528 g/mol. The van der Waals surface area contributed by atoms with Crippen molar-refractivity contribution in [2.24, 2.45) is 0 Å². The number of nitrogens with zero attached hydrogens (tertiary/aromatic N) is 6. The van der Waals surface area contributed by atoms with Crippen LogP contribution in [0.15, 0.2) is 54.9 Å². The lowest BCUT2D eigenvalue weighted by Gasteiger charge is -2.41. The Morgan fingerprint density at radius 3 is 2.51 bits per heavy atom. The van der Waals surface area contributed by atoms with Crippen LogP contribution in [0.25, 0.3) is 17.0 Å². The van der Waals surface area contributed by atoms with Gasteiger partial charge in [0.1, 0.15) is 0 Å². The Morgan fingerprint density at radius 1 is 1.08 bits per heavy atom. The lowest BCUT2D eigenvalue weighted by molar-refractivity contribution is 0.0391. The van der Waals surface area contributed by atoms with Crippen LogP contribution < -0.4 is 4.74 Å². The first-order chi connectivity index (χ1) is 18.9. The number of aromatic nitrogens is 4. The molecule has 2 aliphatic heterocycles. The Balaban J connectivity index is 1.26. The highest BCUT2D eigenvalue weighted by Crippen LogP contribution is 2.34. The van der Waals surface area contributed by atoms with Crippen molar-refractivity contribution >= 4 is 11.7 Å². The van der Waals surface area contributed by atoms with Crippen molar-refractivity contribution in [2.45, 2.75) is 58.2 Å². The Hall–Kier alpha value is -3.85. The van der Waals surface area contributed by atoms with Gasteiger partial charge < -0.3 is 9.64 Å². The zero-order valence-corrected chi connectivity index (χ0v) is 22.5. The summed E-state index contributed by atoms with van der Waals surface area (Å²) in [6.07, 6.45) is 5.54. The molecule has 2 aliphatic rings. The minimum absolute atomic E-state index is 0.000662. The van der Waals surface area contributed by atoms with Gasteiger partial charge in [0.25, 0.3) is 5.91 Å². The molecule has 9 heteroatoms. The minimum Gasteiger partial charge on any atom is -0.478 e. The Morgan fingerprint density at radius 2 is 1.82 bits per heavy atom. The normalized spacial score (nSPS) is 19.3. The molecule has 2 saturated heterocycles. The van der Waals surface area contributed by atoms with E-state index < -0.39 is 5.82 Å². The quantitative estimate of drug-likeness (QED) is 0.338. The summed E-state index contributed by atoms with van der Waals surface area (Å²) in [6.45, 7) is 8.69. The molecule has 2 atom stereocenters. The van der Waals surface area contributed by atoms with Crippen LogP contribution in [0.3, 0.4) is 0 Å². The smallest absolute Gasteiger partial charge is 0.276 e. The lowest BCUT2D eigenvalue weighted by Crippen LogP contribution is -2.55. The number of likely N-dealkylation sites (tertiary alicyclic amines) is 1. The predicted molar refractivity (Wildman–Crippen MR) is 146 cm³/mol. The number of ether oxygens (including phenoxy) is 1. The minimum atomic E-state index is -0.614. The number of hydrogen-bond acceptors (Lipinski definition) is 6. The molecule has 0 spiro atoms. The molecule has 0 aliphatic carbocycles. The highest BCUT2D eigenvalue weighted by atomic mass is 19.1. The molecule has 1 aromatic carbocycles. The predicted octanol–water partition coefficient (Wildman–Crippen LogP) is 4.94. The van der Waals surface area contributed by atoms with E-state index in [0.717, 1.165) is 29.8 Å². The number of carbonyl (C=O) groups is 1. The summed E-state index contributed by atoms with van der Waals surface area (Å²) in [6, 6.07) is 13.2. The summed E-state index contributed by atoms with van der Waals surface area (Å²) in [4.78, 5) is 31.3. The Kier molecular flexibility index (Phi) is 6.76. The third kappa shape index (κ3) is 4.76. The van der Waals surface area contributed by atoms with Gasteiger partial charge in [0.15, 0.2) is 11.5 Å². The van der Waals surface area contributed by atoms with Crippen molar-refractivity contribution in [3.8, 4) is 17.1 Å². The highest BCUT2D eigenvalue weighted by molar-refractivity contribution is 5.93. The maximum atomic E-state index is 14.7. The first-order valence-electron chi connectivity index (χ1n) is 13.7. The third-order valence-corrected chi connectivity index (χ3v) is 7.83. The van der Waals surface area contributed by atoms with Crippen LogP contribution in [0.4, 0.5) is 4.39 Å².